The van der Waals surface area contributed by atoms with Crippen molar-refractivity contribution in [2.75, 3.05) is 0 Å². The topological polar surface area (TPSA) is 12.9 Å². The van der Waals surface area contributed by atoms with Crippen LogP contribution in [0, 0.1) is 0 Å². The first kappa shape index (κ1) is 14.9. The van der Waals surface area contributed by atoms with Crippen molar-refractivity contribution in [1.82, 2.24) is 4.98 Å². The van der Waals surface area contributed by atoms with Gasteiger partial charge in [-0.15, -0.1) is 0 Å². The Kier molecular flexibility index (Phi) is 3.50. The molecule has 0 amide bonds. The molecule has 1 aromatic heterocycles. The Balaban J connectivity index is 1.74. The molecule has 5 aromatic rings. The summed E-state index contributed by atoms with van der Waals surface area (Å²) in [5.74, 6) is 0. The van der Waals surface area contributed by atoms with Crippen LogP contribution in [-0.4, -0.2) is 4.98 Å². The zero-order valence-electron chi connectivity index (χ0n) is 14.3. The first-order chi connectivity index (χ1) is 12.9. The molecule has 0 aliphatic rings. The van der Waals surface area contributed by atoms with Gasteiger partial charge in [-0.3, -0.25) is 4.98 Å². The van der Waals surface area contributed by atoms with Gasteiger partial charge < -0.3 is 0 Å². The molecule has 0 radical (unpaired) electrons. The van der Waals surface area contributed by atoms with E-state index in [9.17, 15) is 0 Å². The molecule has 1 heterocycles. The van der Waals surface area contributed by atoms with Gasteiger partial charge >= 0.3 is 0 Å². The highest BCUT2D eigenvalue weighted by Gasteiger charge is 2.08. The summed E-state index contributed by atoms with van der Waals surface area (Å²) in [4.78, 5) is 4.61. The normalized spacial score (nSPS) is 11.1. The minimum atomic E-state index is 1.06. The summed E-state index contributed by atoms with van der Waals surface area (Å²) < 4.78 is 0. The van der Waals surface area contributed by atoms with Crippen molar-refractivity contribution in [3.63, 3.8) is 0 Å². The zero-order chi connectivity index (χ0) is 17.3. The van der Waals surface area contributed by atoms with Crippen LogP contribution in [0.1, 0.15) is 0 Å². The molecule has 0 bridgehead atoms. The van der Waals surface area contributed by atoms with Crippen molar-refractivity contribution in [3.8, 4) is 22.3 Å². The lowest BCUT2D eigenvalue weighted by molar-refractivity contribution is 1.43. The molecule has 0 aliphatic heterocycles. The van der Waals surface area contributed by atoms with E-state index < -0.39 is 0 Å². The molecule has 0 fully saturated rings. The van der Waals surface area contributed by atoms with Crippen LogP contribution in [0.25, 0.3) is 43.9 Å². The fourth-order valence-electron chi connectivity index (χ4n) is 3.65. The second-order valence-corrected chi connectivity index (χ2v) is 6.49. The molecular formula is C25H17N. The molecule has 0 N–H and O–H groups in total. The van der Waals surface area contributed by atoms with Gasteiger partial charge in [-0.2, -0.15) is 0 Å². The van der Waals surface area contributed by atoms with Crippen LogP contribution in [0.15, 0.2) is 103 Å². The standard InChI is InChI=1S/C25H17N/c1-2-7-18(8-3-1)20-9-4-10-21(17-20)22-12-5-13-24-23(22)15-14-19-11-6-16-26-25(19)24/h1-17H. The van der Waals surface area contributed by atoms with Crippen LogP contribution in [0.3, 0.4) is 0 Å². The van der Waals surface area contributed by atoms with Crippen molar-refractivity contribution in [1.29, 1.82) is 0 Å². The molecule has 0 unspecified atom stereocenters. The molecule has 0 saturated carbocycles. The molecule has 0 spiro atoms. The third kappa shape index (κ3) is 2.46. The Morgan fingerprint density at radius 1 is 0.500 bits per heavy atom. The molecule has 0 aliphatic carbocycles. The number of hydrogen-bond donors (Lipinski definition) is 0. The fraction of sp³-hybridized carbons (Fsp3) is 0. The SMILES string of the molecule is c1ccc(-c2cccc(-c3cccc4c3ccc3cccnc34)c2)cc1. The predicted octanol–water partition coefficient (Wildman–Crippen LogP) is 6.72. The average Bonchev–Trinajstić information content (AvgIpc) is 2.74. The third-order valence-corrected chi connectivity index (χ3v) is 4.91. The number of fused-ring (bicyclic) bond motifs is 3. The Morgan fingerprint density at radius 3 is 2.23 bits per heavy atom. The minimum Gasteiger partial charge on any atom is -0.256 e. The van der Waals surface area contributed by atoms with Crippen LogP contribution < -0.4 is 0 Å². The van der Waals surface area contributed by atoms with E-state index in [0.717, 1.165) is 5.52 Å². The maximum Gasteiger partial charge on any atom is 0.0780 e. The molecule has 5 rings (SSSR count). The van der Waals surface area contributed by atoms with Crippen molar-refractivity contribution < 1.29 is 0 Å². The van der Waals surface area contributed by atoms with Gasteiger partial charge in [-0.05, 0) is 39.8 Å². The summed E-state index contributed by atoms with van der Waals surface area (Å²) in [5, 5.41) is 3.62. The molecule has 0 saturated heterocycles. The Bertz CT molecular complexity index is 1220. The largest absolute Gasteiger partial charge is 0.256 e. The maximum absolute atomic E-state index is 4.61. The summed E-state index contributed by atoms with van der Waals surface area (Å²) in [6, 6.07) is 34.2. The van der Waals surface area contributed by atoms with Crippen LogP contribution >= 0.6 is 0 Å². The van der Waals surface area contributed by atoms with Gasteiger partial charge in [0.2, 0.25) is 0 Å². The quantitative estimate of drug-likeness (QED) is 0.327. The third-order valence-electron chi connectivity index (χ3n) is 4.91. The Morgan fingerprint density at radius 2 is 1.31 bits per heavy atom. The van der Waals surface area contributed by atoms with E-state index in [-0.39, 0.29) is 0 Å². The van der Waals surface area contributed by atoms with E-state index in [1.165, 1.54) is 38.4 Å². The number of benzene rings is 4. The van der Waals surface area contributed by atoms with Crippen LogP contribution in [0.2, 0.25) is 0 Å². The van der Waals surface area contributed by atoms with Crippen molar-refractivity contribution in [2.24, 2.45) is 0 Å². The van der Waals surface area contributed by atoms with Crippen LogP contribution in [0.5, 0.6) is 0 Å². The summed E-state index contributed by atoms with van der Waals surface area (Å²) in [5.41, 5.74) is 6.01. The van der Waals surface area contributed by atoms with E-state index in [4.69, 9.17) is 0 Å². The van der Waals surface area contributed by atoms with Gasteiger partial charge in [0.15, 0.2) is 0 Å². The molecule has 1 nitrogen and oxygen atoms in total. The van der Waals surface area contributed by atoms with Crippen molar-refractivity contribution >= 4 is 21.7 Å². The zero-order valence-corrected chi connectivity index (χ0v) is 14.3. The number of aromatic nitrogens is 1. The number of hydrogen-bond acceptors (Lipinski definition) is 1. The van der Waals surface area contributed by atoms with Gasteiger partial charge in [0.1, 0.15) is 0 Å². The maximum atomic E-state index is 4.61. The smallest absolute Gasteiger partial charge is 0.0780 e. The number of rotatable bonds is 2. The van der Waals surface area contributed by atoms with Gasteiger partial charge in [0, 0.05) is 17.0 Å². The highest BCUT2D eigenvalue weighted by atomic mass is 14.6. The van der Waals surface area contributed by atoms with Crippen molar-refractivity contribution in [3.05, 3.63) is 103 Å². The van der Waals surface area contributed by atoms with Gasteiger partial charge in [0.25, 0.3) is 0 Å². The highest BCUT2D eigenvalue weighted by molar-refractivity contribution is 6.10. The van der Waals surface area contributed by atoms with E-state index in [1.54, 1.807) is 0 Å². The molecule has 0 atom stereocenters. The first-order valence-corrected chi connectivity index (χ1v) is 8.82. The lowest BCUT2D eigenvalue weighted by Crippen LogP contribution is -1.86. The summed E-state index contributed by atoms with van der Waals surface area (Å²) in [6.07, 6.45) is 1.87. The lowest BCUT2D eigenvalue weighted by atomic mass is 9.94. The predicted molar refractivity (Wildman–Crippen MR) is 110 cm³/mol. The highest BCUT2D eigenvalue weighted by Crippen LogP contribution is 2.34. The van der Waals surface area contributed by atoms with E-state index in [1.807, 2.05) is 12.3 Å². The summed E-state index contributed by atoms with van der Waals surface area (Å²) in [7, 11) is 0. The first-order valence-electron chi connectivity index (χ1n) is 8.82. The number of nitrogens with zero attached hydrogens (tertiary/aromatic N) is 1. The van der Waals surface area contributed by atoms with Crippen LogP contribution in [-0.2, 0) is 0 Å². The van der Waals surface area contributed by atoms with Gasteiger partial charge in [0.05, 0.1) is 5.52 Å². The number of pyridine rings is 1. The molecule has 26 heavy (non-hydrogen) atoms. The lowest BCUT2D eigenvalue weighted by Gasteiger charge is -2.10. The van der Waals surface area contributed by atoms with Crippen molar-refractivity contribution in [2.45, 2.75) is 0 Å². The van der Waals surface area contributed by atoms with E-state index in [2.05, 4.69) is 96.0 Å². The monoisotopic (exact) mass is 331 g/mol. The average molecular weight is 331 g/mol. The molecule has 122 valence electrons. The molecular weight excluding hydrogens is 314 g/mol. The van der Waals surface area contributed by atoms with E-state index >= 15 is 0 Å². The Labute approximate surface area is 152 Å². The van der Waals surface area contributed by atoms with Crippen LogP contribution in [0.4, 0.5) is 0 Å². The second-order valence-electron chi connectivity index (χ2n) is 6.49. The summed E-state index contributed by atoms with van der Waals surface area (Å²) in [6.45, 7) is 0. The molecule has 4 aromatic carbocycles. The minimum absolute atomic E-state index is 1.06. The fourth-order valence-corrected chi connectivity index (χ4v) is 3.65. The molecule has 1 heteroatoms. The second kappa shape index (κ2) is 6.12. The van der Waals surface area contributed by atoms with E-state index in [0.29, 0.717) is 0 Å². The van der Waals surface area contributed by atoms with Gasteiger partial charge in [-0.25, -0.2) is 0 Å². The van der Waals surface area contributed by atoms with Gasteiger partial charge in [-0.1, -0.05) is 84.9 Å². The summed E-state index contributed by atoms with van der Waals surface area (Å²) >= 11 is 0. The Hall–Kier alpha value is -3.45.